The van der Waals surface area contributed by atoms with Crippen LogP contribution in [0, 0.1) is 0 Å². The van der Waals surface area contributed by atoms with Gasteiger partial charge in [-0.3, -0.25) is 4.98 Å². The number of hydrogen-bond donors (Lipinski definition) is 1. The molecule has 3 rings (SSSR count). The van der Waals surface area contributed by atoms with Crippen molar-refractivity contribution in [1.29, 1.82) is 0 Å². The maximum absolute atomic E-state index is 5.69. The van der Waals surface area contributed by atoms with E-state index in [0.29, 0.717) is 18.1 Å². The molecule has 1 unspecified atom stereocenters. The summed E-state index contributed by atoms with van der Waals surface area (Å²) in [5.74, 6) is 1.12. The van der Waals surface area contributed by atoms with Crippen LogP contribution in [0.1, 0.15) is 12.8 Å². The molecular weight excluding hydrogens is 248 g/mol. The molecule has 18 heavy (non-hydrogen) atoms. The molecule has 0 aromatic carbocycles. The summed E-state index contributed by atoms with van der Waals surface area (Å²) in [7, 11) is 0. The van der Waals surface area contributed by atoms with E-state index in [0.717, 1.165) is 15.8 Å². The number of nitrogens with two attached hydrogens (primary N) is 1. The Morgan fingerprint density at radius 2 is 2.39 bits per heavy atom. The first kappa shape index (κ1) is 11.3. The standard InChI is InChI=1S/C12H12N4OS/c1-7(13)4-11-15-12(16-17-11)8-5-10-9(14-6-8)2-3-18-10/h2-3,5-7H,4,13H2,1H3. The van der Waals surface area contributed by atoms with E-state index in [1.165, 1.54) is 0 Å². The average Bonchev–Trinajstić information content (AvgIpc) is 2.95. The van der Waals surface area contributed by atoms with Crippen molar-refractivity contribution in [3.05, 3.63) is 29.6 Å². The summed E-state index contributed by atoms with van der Waals surface area (Å²) >= 11 is 1.64. The summed E-state index contributed by atoms with van der Waals surface area (Å²) in [6.07, 6.45) is 2.34. The molecule has 0 fully saturated rings. The van der Waals surface area contributed by atoms with Gasteiger partial charge in [0.15, 0.2) is 0 Å². The maximum atomic E-state index is 5.69. The number of hydrogen-bond acceptors (Lipinski definition) is 6. The minimum absolute atomic E-state index is 0.0104. The fourth-order valence-corrected chi connectivity index (χ4v) is 2.48. The quantitative estimate of drug-likeness (QED) is 0.781. The van der Waals surface area contributed by atoms with Crippen molar-refractivity contribution in [3.8, 4) is 11.4 Å². The molecule has 0 aliphatic heterocycles. The molecule has 6 heteroatoms. The Kier molecular flexibility index (Phi) is 2.81. The number of aromatic nitrogens is 3. The van der Waals surface area contributed by atoms with Gasteiger partial charge in [-0.1, -0.05) is 5.16 Å². The van der Waals surface area contributed by atoms with Crippen LogP contribution in [0.25, 0.3) is 21.6 Å². The number of fused-ring (bicyclic) bond motifs is 1. The van der Waals surface area contributed by atoms with Crippen LogP contribution in [0.3, 0.4) is 0 Å². The third-order valence-corrected chi connectivity index (χ3v) is 3.38. The van der Waals surface area contributed by atoms with Gasteiger partial charge in [0.25, 0.3) is 0 Å². The minimum atomic E-state index is 0.0104. The highest BCUT2D eigenvalue weighted by atomic mass is 32.1. The van der Waals surface area contributed by atoms with Gasteiger partial charge in [-0.2, -0.15) is 4.98 Å². The van der Waals surface area contributed by atoms with Crippen molar-refractivity contribution in [2.24, 2.45) is 5.73 Å². The lowest BCUT2D eigenvalue weighted by atomic mass is 10.2. The van der Waals surface area contributed by atoms with E-state index in [4.69, 9.17) is 10.3 Å². The number of nitrogens with zero attached hydrogens (tertiary/aromatic N) is 3. The highest BCUT2D eigenvalue weighted by molar-refractivity contribution is 7.17. The first-order valence-corrected chi connectivity index (χ1v) is 6.52. The van der Waals surface area contributed by atoms with Crippen LogP contribution >= 0.6 is 11.3 Å². The van der Waals surface area contributed by atoms with E-state index in [2.05, 4.69) is 15.1 Å². The number of rotatable bonds is 3. The van der Waals surface area contributed by atoms with Crippen molar-refractivity contribution in [1.82, 2.24) is 15.1 Å². The Balaban J connectivity index is 1.95. The van der Waals surface area contributed by atoms with Crippen molar-refractivity contribution in [3.63, 3.8) is 0 Å². The molecule has 1 atom stereocenters. The third-order valence-electron chi connectivity index (χ3n) is 2.53. The van der Waals surface area contributed by atoms with Crippen LogP contribution < -0.4 is 5.73 Å². The van der Waals surface area contributed by atoms with Crippen LogP contribution in [-0.4, -0.2) is 21.2 Å². The normalized spacial score (nSPS) is 13.0. The van der Waals surface area contributed by atoms with Gasteiger partial charge in [-0.15, -0.1) is 11.3 Å². The van der Waals surface area contributed by atoms with E-state index >= 15 is 0 Å². The molecule has 0 radical (unpaired) electrons. The lowest BCUT2D eigenvalue weighted by Gasteiger charge is -1.97. The van der Waals surface area contributed by atoms with Gasteiger partial charge in [0.05, 0.1) is 10.2 Å². The molecule has 3 aromatic rings. The molecule has 92 valence electrons. The van der Waals surface area contributed by atoms with E-state index in [9.17, 15) is 0 Å². The average molecular weight is 260 g/mol. The molecule has 0 spiro atoms. The predicted molar refractivity (Wildman–Crippen MR) is 70.3 cm³/mol. The van der Waals surface area contributed by atoms with Crippen LogP contribution in [0.15, 0.2) is 28.2 Å². The number of pyridine rings is 1. The molecule has 3 heterocycles. The van der Waals surface area contributed by atoms with Gasteiger partial charge in [-0.25, -0.2) is 0 Å². The third kappa shape index (κ3) is 2.12. The summed E-state index contributed by atoms with van der Waals surface area (Å²) in [6.45, 7) is 1.91. The van der Waals surface area contributed by atoms with E-state index in [-0.39, 0.29) is 6.04 Å². The highest BCUT2D eigenvalue weighted by Crippen LogP contribution is 2.24. The second-order valence-corrected chi connectivity index (χ2v) is 5.17. The molecule has 2 N–H and O–H groups in total. The van der Waals surface area contributed by atoms with E-state index in [1.807, 2.05) is 24.4 Å². The fourth-order valence-electron chi connectivity index (χ4n) is 1.70. The summed E-state index contributed by atoms with van der Waals surface area (Å²) < 4.78 is 6.27. The molecule has 5 nitrogen and oxygen atoms in total. The Morgan fingerprint density at radius 3 is 3.22 bits per heavy atom. The maximum Gasteiger partial charge on any atom is 0.228 e. The largest absolute Gasteiger partial charge is 0.339 e. The SMILES string of the molecule is CC(N)Cc1nc(-c2cnc3ccsc3c2)no1. The summed E-state index contributed by atoms with van der Waals surface area (Å²) in [5.41, 5.74) is 7.55. The van der Waals surface area contributed by atoms with E-state index in [1.54, 1.807) is 17.5 Å². The zero-order chi connectivity index (χ0) is 12.5. The molecule has 0 aliphatic rings. The van der Waals surface area contributed by atoms with Crippen LogP contribution in [0.4, 0.5) is 0 Å². The molecule has 0 saturated heterocycles. The van der Waals surface area contributed by atoms with Crippen molar-refractivity contribution in [2.45, 2.75) is 19.4 Å². The summed E-state index contributed by atoms with van der Waals surface area (Å²) in [5, 5.41) is 5.97. The van der Waals surface area contributed by atoms with Gasteiger partial charge in [0, 0.05) is 24.2 Å². The topological polar surface area (TPSA) is 77.8 Å². The van der Waals surface area contributed by atoms with Gasteiger partial charge >= 0.3 is 0 Å². The van der Waals surface area contributed by atoms with E-state index < -0.39 is 0 Å². The summed E-state index contributed by atoms with van der Waals surface area (Å²) in [4.78, 5) is 8.67. The zero-order valence-electron chi connectivity index (χ0n) is 9.83. The van der Waals surface area contributed by atoms with Crippen molar-refractivity contribution >= 4 is 21.6 Å². The Bertz CT molecular complexity index is 673. The van der Waals surface area contributed by atoms with Crippen molar-refractivity contribution in [2.75, 3.05) is 0 Å². The zero-order valence-corrected chi connectivity index (χ0v) is 10.6. The number of thiophene rings is 1. The van der Waals surface area contributed by atoms with Crippen molar-refractivity contribution < 1.29 is 4.52 Å². The Morgan fingerprint density at radius 1 is 1.50 bits per heavy atom. The van der Waals surface area contributed by atoms with Crippen LogP contribution in [-0.2, 0) is 6.42 Å². The highest BCUT2D eigenvalue weighted by Gasteiger charge is 2.11. The second kappa shape index (κ2) is 4.47. The van der Waals surface area contributed by atoms with Gasteiger partial charge < -0.3 is 10.3 Å². The van der Waals surface area contributed by atoms with Gasteiger partial charge in [0.2, 0.25) is 11.7 Å². The Hall–Kier alpha value is -1.79. The summed E-state index contributed by atoms with van der Waals surface area (Å²) in [6, 6.07) is 4.02. The van der Waals surface area contributed by atoms with Gasteiger partial charge in [-0.05, 0) is 24.4 Å². The van der Waals surface area contributed by atoms with Crippen LogP contribution in [0.5, 0.6) is 0 Å². The first-order valence-electron chi connectivity index (χ1n) is 5.64. The predicted octanol–water partition coefficient (Wildman–Crippen LogP) is 2.24. The monoisotopic (exact) mass is 260 g/mol. The minimum Gasteiger partial charge on any atom is -0.339 e. The van der Waals surface area contributed by atoms with Crippen LogP contribution in [0.2, 0.25) is 0 Å². The second-order valence-electron chi connectivity index (χ2n) is 4.22. The molecule has 0 saturated carbocycles. The molecule has 3 aromatic heterocycles. The first-order chi connectivity index (χ1) is 8.72. The Labute approximate surface area is 108 Å². The molecule has 0 aliphatic carbocycles. The molecule has 0 amide bonds. The van der Waals surface area contributed by atoms with Gasteiger partial charge in [0.1, 0.15) is 0 Å². The lowest BCUT2D eigenvalue weighted by molar-refractivity contribution is 0.372. The smallest absolute Gasteiger partial charge is 0.228 e. The molecule has 0 bridgehead atoms. The lowest BCUT2D eigenvalue weighted by Crippen LogP contribution is -2.17. The fraction of sp³-hybridized carbons (Fsp3) is 0.250. The molecular formula is C12H12N4OS.